The Hall–Kier alpha value is 2.80. The third-order valence-corrected chi connectivity index (χ3v) is 16.7. The van der Waals surface area contributed by atoms with E-state index in [0.29, 0.717) is 0 Å². The maximum atomic E-state index is 4.52. The van der Waals surface area contributed by atoms with Gasteiger partial charge in [-0.1, -0.05) is 0 Å². The van der Waals surface area contributed by atoms with Crippen molar-refractivity contribution in [1.82, 2.24) is 0 Å². The van der Waals surface area contributed by atoms with Crippen molar-refractivity contribution in [3.05, 3.63) is 0 Å². The minimum Gasteiger partial charge on any atom is -0.179 e. The molecule has 1 saturated carbocycles. The Morgan fingerprint density at radius 2 is 1.74 bits per heavy atom. The van der Waals surface area contributed by atoms with Gasteiger partial charge in [-0.3, -0.25) is 0 Å². The second-order valence-electron chi connectivity index (χ2n) is 7.69. The van der Waals surface area contributed by atoms with Crippen LogP contribution in [0.3, 0.4) is 0 Å². The largest absolute Gasteiger partial charge is 0.179 e. The van der Waals surface area contributed by atoms with E-state index in [-0.39, 0.29) is 0 Å². The molecule has 0 radical (unpaired) electrons. The first kappa shape index (κ1) is 24.4. The minimum absolute atomic E-state index is 0.782. The van der Waals surface area contributed by atoms with E-state index in [4.69, 9.17) is 0 Å². The van der Waals surface area contributed by atoms with Gasteiger partial charge in [-0.25, -0.2) is 0 Å². The smallest absolute Gasteiger partial charge is 0.0627 e. The van der Waals surface area contributed by atoms with Crippen LogP contribution >= 0.6 is 95.8 Å². The predicted molar refractivity (Wildman–Crippen MR) is 148 cm³/mol. The van der Waals surface area contributed by atoms with Crippen molar-refractivity contribution >= 4 is 95.8 Å². The van der Waals surface area contributed by atoms with Crippen molar-refractivity contribution in [2.75, 3.05) is 40.8 Å². The predicted octanol–water partition coefficient (Wildman–Crippen LogP) is 6.86. The molecular formula is C19H34S8. The van der Waals surface area contributed by atoms with Gasteiger partial charge in [0.1, 0.15) is 0 Å². The normalized spacial score (nSPS) is 38.3. The van der Waals surface area contributed by atoms with Gasteiger partial charge in [0.2, 0.25) is 0 Å². The maximum Gasteiger partial charge on any atom is 0.0627 e. The standard InChI is InChI=1S/C19H34S8/c1-22-18(19-25-11-16(8-21)27-19)14-4-2-13(3-5-14)9-23-12-17-24-10-15(26-17)6-7-20/h13-21H,2-12H2,1H3. The lowest BCUT2D eigenvalue weighted by molar-refractivity contribution is 0.292. The van der Waals surface area contributed by atoms with E-state index in [1.165, 1.54) is 55.1 Å². The number of thiol groups is 2. The van der Waals surface area contributed by atoms with E-state index < -0.39 is 0 Å². The highest BCUT2D eigenvalue weighted by molar-refractivity contribution is 8.22. The third kappa shape index (κ3) is 7.71. The van der Waals surface area contributed by atoms with Crippen molar-refractivity contribution in [1.29, 1.82) is 0 Å². The van der Waals surface area contributed by atoms with Crippen molar-refractivity contribution < 1.29 is 0 Å². The van der Waals surface area contributed by atoms with Crippen molar-refractivity contribution in [3.8, 4) is 0 Å². The number of hydrogen-bond acceptors (Lipinski definition) is 8. The van der Waals surface area contributed by atoms with Gasteiger partial charge in [-0.05, 0) is 61.7 Å². The zero-order valence-electron chi connectivity index (χ0n) is 16.2. The lowest BCUT2D eigenvalue weighted by Gasteiger charge is -2.35. The van der Waals surface area contributed by atoms with Gasteiger partial charge in [0.25, 0.3) is 0 Å². The lowest BCUT2D eigenvalue weighted by atomic mass is 9.81. The molecule has 5 unspecified atom stereocenters. The maximum absolute atomic E-state index is 4.52. The van der Waals surface area contributed by atoms with Crippen molar-refractivity contribution in [3.63, 3.8) is 0 Å². The summed E-state index contributed by atoms with van der Waals surface area (Å²) in [4.78, 5) is 0. The van der Waals surface area contributed by atoms with Gasteiger partial charge in [-0.15, -0.1) is 47.0 Å². The quantitative estimate of drug-likeness (QED) is 0.301. The van der Waals surface area contributed by atoms with Crippen LogP contribution in [0, 0.1) is 11.8 Å². The molecule has 3 fully saturated rings. The van der Waals surface area contributed by atoms with Gasteiger partial charge in [0, 0.05) is 38.8 Å². The number of rotatable bonds is 10. The molecule has 2 heterocycles. The van der Waals surface area contributed by atoms with E-state index in [1.807, 2.05) is 0 Å². The summed E-state index contributed by atoms with van der Waals surface area (Å²) in [5.74, 6) is 9.45. The Kier molecular flexibility index (Phi) is 12.1. The number of hydrogen-bond donors (Lipinski definition) is 2. The number of thioether (sulfide) groups is 6. The van der Waals surface area contributed by atoms with Gasteiger partial charge in [0.15, 0.2) is 0 Å². The highest BCUT2D eigenvalue weighted by Crippen LogP contribution is 2.48. The molecule has 158 valence electrons. The van der Waals surface area contributed by atoms with Gasteiger partial charge in [-0.2, -0.15) is 48.8 Å². The molecule has 1 aliphatic carbocycles. The van der Waals surface area contributed by atoms with Gasteiger partial charge in [0.05, 0.1) is 9.16 Å². The van der Waals surface area contributed by atoms with E-state index in [1.54, 1.807) is 0 Å². The van der Waals surface area contributed by atoms with Gasteiger partial charge >= 0.3 is 0 Å². The van der Waals surface area contributed by atoms with Crippen LogP contribution in [0.5, 0.6) is 0 Å². The average Bonchev–Trinajstić information content (AvgIpc) is 3.34. The molecule has 0 aromatic heterocycles. The Morgan fingerprint density at radius 3 is 2.41 bits per heavy atom. The van der Waals surface area contributed by atoms with Crippen LogP contribution < -0.4 is 0 Å². The topological polar surface area (TPSA) is 0 Å². The Balaban J connectivity index is 1.32. The molecule has 2 saturated heterocycles. The summed E-state index contributed by atoms with van der Waals surface area (Å²) in [5.41, 5.74) is 0. The fourth-order valence-electron chi connectivity index (χ4n) is 4.17. The van der Waals surface area contributed by atoms with E-state index in [9.17, 15) is 0 Å². The molecule has 0 aromatic rings. The first-order valence-corrected chi connectivity index (χ1v) is 17.8. The molecule has 3 rings (SSSR count). The van der Waals surface area contributed by atoms with Crippen LogP contribution in [0.15, 0.2) is 0 Å². The Morgan fingerprint density at radius 1 is 0.963 bits per heavy atom. The fourth-order valence-corrected chi connectivity index (χ4v) is 15.7. The molecule has 0 N–H and O–H groups in total. The first-order chi connectivity index (χ1) is 13.2. The summed E-state index contributed by atoms with van der Waals surface area (Å²) in [6.45, 7) is 0. The first-order valence-electron chi connectivity index (χ1n) is 10.1. The van der Waals surface area contributed by atoms with Gasteiger partial charge < -0.3 is 0 Å². The molecule has 0 nitrogen and oxygen atoms in total. The summed E-state index contributed by atoms with van der Waals surface area (Å²) in [6.07, 6.45) is 9.52. The molecule has 3 aliphatic rings. The van der Waals surface area contributed by atoms with E-state index in [2.05, 4.69) is 102 Å². The SMILES string of the molecule is CSC(C1CCC(CSCC2SCC(CCS)S2)CC1)C1SCC(CS)S1. The second-order valence-corrected chi connectivity index (χ2v) is 16.6. The van der Waals surface area contributed by atoms with Crippen LogP contribution in [0.1, 0.15) is 32.1 Å². The van der Waals surface area contributed by atoms with Crippen LogP contribution in [0.4, 0.5) is 0 Å². The van der Waals surface area contributed by atoms with Crippen LogP contribution in [-0.2, 0) is 0 Å². The lowest BCUT2D eigenvalue weighted by Crippen LogP contribution is -2.30. The summed E-state index contributed by atoms with van der Waals surface area (Å²) >= 11 is 22.2. The molecule has 0 bridgehead atoms. The molecule has 0 aromatic carbocycles. The van der Waals surface area contributed by atoms with Crippen molar-refractivity contribution in [2.24, 2.45) is 11.8 Å². The van der Waals surface area contributed by atoms with Crippen LogP contribution in [0.25, 0.3) is 0 Å². The summed E-state index contributed by atoms with van der Waals surface area (Å²) < 4.78 is 1.66. The zero-order valence-corrected chi connectivity index (χ0v) is 22.9. The Labute approximate surface area is 203 Å². The highest BCUT2D eigenvalue weighted by Gasteiger charge is 2.37. The average molecular weight is 519 g/mol. The molecule has 8 heteroatoms. The fraction of sp³-hybridized carbons (Fsp3) is 1.00. The van der Waals surface area contributed by atoms with Crippen molar-refractivity contribution in [2.45, 2.75) is 57.0 Å². The van der Waals surface area contributed by atoms with Crippen LogP contribution in [0.2, 0.25) is 0 Å². The second kappa shape index (κ2) is 13.4. The molecular weight excluding hydrogens is 485 g/mol. The van der Waals surface area contributed by atoms with E-state index >= 15 is 0 Å². The molecule has 5 atom stereocenters. The summed E-state index contributed by atoms with van der Waals surface area (Å²) in [6, 6.07) is 0. The molecule has 27 heavy (non-hydrogen) atoms. The highest BCUT2D eigenvalue weighted by atomic mass is 32.2. The third-order valence-electron chi connectivity index (χ3n) is 5.74. The molecule has 2 aliphatic heterocycles. The Bertz CT molecular complexity index is 415. The van der Waals surface area contributed by atoms with E-state index in [0.717, 1.165) is 48.3 Å². The van der Waals surface area contributed by atoms with Crippen LogP contribution in [-0.4, -0.2) is 65.7 Å². The molecule has 0 spiro atoms. The monoisotopic (exact) mass is 518 g/mol. The molecule has 0 amide bonds. The summed E-state index contributed by atoms with van der Waals surface area (Å²) in [7, 11) is 0. The zero-order chi connectivity index (χ0) is 19.1. The summed E-state index contributed by atoms with van der Waals surface area (Å²) in [5, 5.41) is 2.50. The minimum atomic E-state index is 0.782.